The highest BCUT2D eigenvalue weighted by atomic mass is 15.2. The second-order valence-electron chi connectivity index (χ2n) is 3.96. The molecule has 4 nitrogen and oxygen atoms in total. The van der Waals surface area contributed by atoms with Crippen LogP contribution in [0.2, 0.25) is 0 Å². The van der Waals surface area contributed by atoms with E-state index in [2.05, 4.69) is 46.5 Å². The summed E-state index contributed by atoms with van der Waals surface area (Å²) in [6.45, 7) is 11.7. The summed E-state index contributed by atoms with van der Waals surface area (Å²) in [4.78, 5) is 6.72. The van der Waals surface area contributed by atoms with Crippen molar-refractivity contribution in [1.29, 1.82) is 0 Å². The predicted octanol–water partition coefficient (Wildman–Crippen LogP) is 1.74. The summed E-state index contributed by atoms with van der Waals surface area (Å²) in [5.41, 5.74) is 1.05. The van der Waals surface area contributed by atoms with E-state index < -0.39 is 0 Å². The highest BCUT2D eigenvalue weighted by Gasteiger charge is 2.04. The molecule has 1 N–H and O–H groups in total. The van der Waals surface area contributed by atoms with Crippen molar-refractivity contribution >= 4 is 5.95 Å². The molecule has 0 amide bonds. The van der Waals surface area contributed by atoms with E-state index in [0.717, 1.165) is 37.8 Å². The van der Waals surface area contributed by atoms with Crippen molar-refractivity contribution < 1.29 is 0 Å². The largest absolute Gasteiger partial charge is 0.352 e. The van der Waals surface area contributed by atoms with Gasteiger partial charge in [-0.1, -0.05) is 13.0 Å². The Hall–Kier alpha value is -1.29. The Kier molecular flexibility index (Phi) is 5.05. The van der Waals surface area contributed by atoms with Gasteiger partial charge in [-0.25, -0.2) is 4.98 Å². The number of likely N-dealkylation sites (N-methyl/N-ethyl adjacent to an activating group) is 1. The number of rotatable bonds is 7. The van der Waals surface area contributed by atoms with Crippen LogP contribution in [0, 0.1) is 6.92 Å². The second-order valence-corrected chi connectivity index (χ2v) is 3.96. The van der Waals surface area contributed by atoms with Gasteiger partial charge in [0.25, 0.3) is 0 Å². The van der Waals surface area contributed by atoms with E-state index >= 15 is 0 Å². The van der Waals surface area contributed by atoms with E-state index in [1.807, 2.05) is 13.0 Å². The Morgan fingerprint density at radius 3 is 3.00 bits per heavy atom. The third kappa shape index (κ3) is 3.70. The molecule has 0 fully saturated rings. The molecule has 0 saturated carbocycles. The van der Waals surface area contributed by atoms with Gasteiger partial charge in [0.05, 0.1) is 5.69 Å². The minimum Gasteiger partial charge on any atom is -0.352 e. The zero-order valence-corrected chi connectivity index (χ0v) is 10.5. The first-order chi connectivity index (χ1) is 7.67. The number of aromatic nitrogens is 2. The lowest BCUT2D eigenvalue weighted by molar-refractivity contribution is 0.336. The van der Waals surface area contributed by atoms with Crippen molar-refractivity contribution in [2.24, 2.45) is 0 Å². The number of hydrogen-bond acceptors (Lipinski definition) is 3. The molecule has 1 aromatic heterocycles. The maximum atomic E-state index is 4.44. The number of anilines is 1. The Morgan fingerprint density at radius 2 is 2.38 bits per heavy atom. The lowest BCUT2D eigenvalue weighted by Crippen LogP contribution is -2.23. The van der Waals surface area contributed by atoms with Crippen molar-refractivity contribution in [1.82, 2.24) is 14.5 Å². The zero-order valence-electron chi connectivity index (χ0n) is 10.5. The Labute approximate surface area is 98.0 Å². The minimum atomic E-state index is 0.750. The van der Waals surface area contributed by atoms with E-state index in [1.54, 1.807) is 0 Å². The molecule has 0 radical (unpaired) electrons. The standard InChI is InChI=1S/C12H22N4/c1-5-7-13-12-14-11(3)10-16(12)9-8-15(4)6-2/h5,10H,1,6-9H2,2-4H3,(H,13,14). The molecule has 0 aliphatic heterocycles. The normalized spacial score (nSPS) is 10.8. The topological polar surface area (TPSA) is 33.1 Å². The van der Waals surface area contributed by atoms with Crippen LogP contribution in [0.3, 0.4) is 0 Å². The van der Waals surface area contributed by atoms with Crippen LogP contribution in [0.15, 0.2) is 18.9 Å². The van der Waals surface area contributed by atoms with Gasteiger partial charge in [0.1, 0.15) is 0 Å². The highest BCUT2D eigenvalue weighted by molar-refractivity contribution is 5.29. The van der Waals surface area contributed by atoms with Crippen LogP contribution in [0.5, 0.6) is 0 Å². The number of hydrogen-bond donors (Lipinski definition) is 1. The molecule has 0 unspecified atom stereocenters. The average Bonchev–Trinajstić information content (AvgIpc) is 2.63. The molecule has 1 aromatic rings. The van der Waals surface area contributed by atoms with Crippen molar-refractivity contribution in [3.63, 3.8) is 0 Å². The first-order valence-electron chi connectivity index (χ1n) is 5.74. The molecular formula is C12H22N4. The summed E-state index contributed by atoms with van der Waals surface area (Å²) in [6.07, 6.45) is 3.92. The van der Waals surface area contributed by atoms with E-state index in [0.29, 0.717) is 0 Å². The highest BCUT2D eigenvalue weighted by Crippen LogP contribution is 2.08. The lowest BCUT2D eigenvalue weighted by Gasteiger charge is -2.15. The van der Waals surface area contributed by atoms with Crippen molar-refractivity contribution in [2.75, 3.05) is 32.0 Å². The van der Waals surface area contributed by atoms with Crippen molar-refractivity contribution in [3.8, 4) is 0 Å². The van der Waals surface area contributed by atoms with Gasteiger partial charge < -0.3 is 14.8 Å². The van der Waals surface area contributed by atoms with E-state index in [4.69, 9.17) is 0 Å². The van der Waals surface area contributed by atoms with Gasteiger partial charge in [-0.2, -0.15) is 0 Å². The van der Waals surface area contributed by atoms with Gasteiger partial charge in [-0.05, 0) is 20.5 Å². The second kappa shape index (κ2) is 6.33. The number of imidazole rings is 1. The van der Waals surface area contributed by atoms with Gasteiger partial charge in [0.15, 0.2) is 0 Å². The molecule has 0 atom stereocenters. The quantitative estimate of drug-likeness (QED) is 0.713. The van der Waals surface area contributed by atoms with Crippen LogP contribution >= 0.6 is 0 Å². The maximum Gasteiger partial charge on any atom is 0.203 e. The van der Waals surface area contributed by atoms with Crippen LogP contribution < -0.4 is 5.32 Å². The predicted molar refractivity (Wildman–Crippen MR) is 68.8 cm³/mol. The first kappa shape index (κ1) is 12.8. The fraction of sp³-hybridized carbons (Fsp3) is 0.583. The SMILES string of the molecule is C=CCNc1nc(C)cn1CCN(C)CC. The van der Waals surface area contributed by atoms with Gasteiger partial charge in [-0.3, -0.25) is 0 Å². The lowest BCUT2D eigenvalue weighted by atomic mass is 10.5. The molecule has 16 heavy (non-hydrogen) atoms. The smallest absolute Gasteiger partial charge is 0.203 e. The zero-order chi connectivity index (χ0) is 12.0. The van der Waals surface area contributed by atoms with Crippen LogP contribution in [-0.2, 0) is 6.54 Å². The van der Waals surface area contributed by atoms with E-state index in [1.165, 1.54) is 0 Å². The first-order valence-corrected chi connectivity index (χ1v) is 5.74. The number of aryl methyl sites for hydroxylation is 1. The molecule has 0 aliphatic rings. The number of nitrogens with zero attached hydrogens (tertiary/aromatic N) is 3. The summed E-state index contributed by atoms with van der Waals surface area (Å²) in [6, 6.07) is 0. The molecule has 90 valence electrons. The van der Waals surface area contributed by atoms with Gasteiger partial charge >= 0.3 is 0 Å². The van der Waals surface area contributed by atoms with Crippen LogP contribution in [0.4, 0.5) is 5.95 Å². The molecule has 0 aliphatic carbocycles. The third-order valence-electron chi connectivity index (χ3n) is 2.56. The minimum absolute atomic E-state index is 0.750. The molecular weight excluding hydrogens is 200 g/mol. The summed E-state index contributed by atoms with van der Waals surface area (Å²) in [5.74, 6) is 0.932. The van der Waals surface area contributed by atoms with E-state index in [9.17, 15) is 0 Å². The van der Waals surface area contributed by atoms with Crippen LogP contribution in [0.1, 0.15) is 12.6 Å². The summed E-state index contributed by atoms with van der Waals surface area (Å²) in [7, 11) is 2.13. The van der Waals surface area contributed by atoms with E-state index in [-0.39, 0.29) is 0 Å². The average molecular weight is 222 g/mol. The summed E-state index contributed by atoms with van der Waals surface area (Å²) < 4.78 is 2.16. The van der Waals surface area contributed by atoms with Crippen molar-refractivity contribution in [2.45, 2.75) is 20.4 Å². The fourth-order valence-corrected chi connectivity index (χ4v) is 1.46. The van der Waals surface area contributed by atoms with Crippen LogP contribution in [-0.4, -0.2) is 41.1 Å². The maximum absolute atomic E-state index is 4.44. The molecule has 0 saturated heterocycles. The molecule has 1 rings (SSSR count). The number of nitrogens with one attached hydrogen (secondary N) is 1. The molecule has 4 heteroatoms. The molecule has 0 aromatic carbocycles. The van der Waals surface area contributed by atoms with Crippen molar-refractivity contribution in [3.05, 3.63) is 24.5 Å². The third-order valence-corrected chi connectivity index (χ3v) is 2.56. The fourth-order valence-electron chi connectivity index (χ4n) is 1.46. The summed E-state index contributed by atoms with van der Waals surface area (Å²) in [5, 5.41) is 3.24. The van der Waals surface area contributed by atoms with Gasteiger partial charge in [0, 0.05) is 25.8 Å². The Balaban J connectivity index is 2.59. The Bertz CT molecular complexity index is 330. The Morgan fingerprint density at radius 1 is 1.62 bits per heavy atom. The van der Waals surface area contributed by atoms with Gasteiger partial charge in [-0.15, -0.1) is 6.58 Å². The molecule has 1 heterocycles. The van der Waals surface area contributed by atoms with Crippen LogP contribution in [0.25, 0.3) is 0 Å². The summed E-state index contributed by atoms with van der Waals surface area (Å²) >= 11 is 0. The molecule has 0 bridgehead atoms. The molecule has 0 spiro atoms. The monoisotopic (exact) mass is 222 g/mol. The van der Waals surface area contributed by atoms with Gasteiger partial charge in [0.2, 0.25) is 5.95 Å².